The van der Waals surface area contributed by atoms with E-state index in [0.29, 0.717) is 0 Å². The molecule has 2 nitrogen and oxygen atoms in total. The summed E-state index contributed by atoms with van der Waals surface area (Å²) in [5, 5.41) is 0. The summed E-state index contributed by atoms with van der Waals surface area (Å²) in [7, 11) is 3.40. The maximum absolute atomic E-state index is 11.8. The molecule has 0 spiro atoms. The van der Waals surface area contributed by atoms with Gasteiger partial charge in [0.15, 0.2) is 10.0 Å². The average Bonchev–Trinajstić information content (AvgIpc) is 2.03. The van der Waals surface area contributed by atoms with Crippen LogP contribution in [-0.2, 0) is 10.0 Å². The Morgan fingerprint density at radius 1 is 1.38 bits per heavy atom. The standard InChI is InChI=1S/C7H5ClF2O2S/c8-13(11)6-4-2-1-3-5(6)12-7(9)10/h1-4,7H. The first-order valence-electron chi connectivity index (χ1n) is 3.23. The van der Waals surface area contributed by atoms with E-state index in [9.17, 15) is 13.0 Å². The SMILES string of the molecule is O=S(Cl)c1ccccc1OC(F)F. The third-order valence-corrected chi connectivity index (χ3v) is 2.42. The van der Waals surface area contributed by atoms with Crippen LogP contribution < -0.4 is 4.74 Å². The number of benzene rings is 1. The van der Waals surface area contributed by atoms with E-state index >= 15 is 0 Å². The fraction of sp³-hybridized carbons (Fsp3) is 0.143. The molecule has 0 amide bonds. The molecule has 1 rings (SSSR count). The Morgan fingerprint density at radius 2 is 2.00 bits per heavy atom. The minimum atomic E-state index is -2.94. The van der Waals surface area contributed by atoms with Crippen molar-refractivity contribution in [1.29, 1.82) is 0 Å². The Balaban J connectivity index is 2.98. The van der Waals surface area contributed by atoms with Crippen LogP contribution in [0.25, 0.3) is 0 Å². The van der Waals surface area contributed by atoms with Crippen molar-refractivity contribution in [3.05, 3.63) is 24.3 Å². The van der Waals surface area contributed by atoms with Crippen LogP contribution in [0.2, 0.25) is 0 Å². The molecule has 0 radical (unpaired) electrons. The molecule has 0 aromatic heterocycles. The molecule has 0 heterocycles. The highest BCUT2D eigenvalue weighted by atomic mass is 35.7. The Kier molecular flexibility index (Phi) is 3.62. The average molecular weight is 227 g/mol. The summed E-state index contributed by atoms with van der Waals surface area (Å²) in [6.45, 7) is -2.94. The number of halogens is 3. The minimum absolute atomic E-state index is 0.0458. The van der Waals surface area contributed by atoms with Crippen molar-refractivity contribution >= 4 is 20.7 Å². The maximum Gasteiger partial charge on any atom is 0.387 e. The largest absolute Gasteiger partial charge is 0.433 e. The predicted molar refractivity (Wildman–Crippen MR) is 45.3 cm³/mol. The highest BCUT2D eigenvalue weighted by Crippen LogP contribution is 2.24. The second kappa shape index (κ2) is 4.53. The highest BCUT2D eigenvalue weighted by molar-refractivity contribution is 8.08. The van der Waals surface area contributed by atoms with Crippen LogP contribution in [-0.4, -0.2) is 10.8 Å². The van der Waals surface area contributed by atoms with E-state index in [0.717, 1.165) is 0 Å². The van der Waals surface area contributed by atoms with Gasteiger partial charge in [-0.3, -0.25) is 0 Å². The topological polar surface area (TPSA) is 26.3 Å². The lowest BCUT2D eigenvalue weighted by Crippen LogP contribution is -2.03. The van der Waals surface area contributed by atoms with Crippen molar-refractivity contribution < 1.29 is 17.7 Å². The summed E-state index contributed by atoms with van der Waals surface area (Å²) >= 11 is 0. The molecule has 0 fully saturated rings. The van der Waals surface area contributed by atoms with Gasteiger partial charge in [0.05, 0.1) is 4.90 Å². The normalized spacial score (nSPS) is 12.9. The highest BCUT2D eigenvalue weighted by Gasteiger charge is 2.11. The number of para-hydroxylation sites is 1. The molecule has 0 saturated carbocycles. The fourth-order valence-corrected chi connectivity index (χ4v) is 1.62. The molecule has 1 aromatic rings. The second-order valence-electron chi connectivity index (χ2n) is 2.05. The predicted octanol–water partition coefficient (Wildman–Crippen LogP) is 2.55. The summed E-state index contributed by atoms with van der Waals surface area (Å²) < 4.78 is 38.5. The van der Waals surface area contributed by atoms with Crippen LogP contribution in [0.5, 0.6) is 5.75 Å². The molecule has 1 unspecified atom stereocenters. The molecular weight excluding hydrogens is 222 g/mol. The molecule has 1 aromatic carbocycles. The smallest absolute Gasteiger partial charge is 0.387 e. The zero-order valence-corrected chi connectivity index (χ0v) is 7.82. The third kappa shape index (κ3) is 2.93. The van der Waals surface area contributed by atoms with Gasteiger partial charge in [0, 0.05) is 0 Å². The minimum Gasteiger partial charge on any atom is -0.433 e. The first-order chi connectivity index (χ1) is 6.11. The number of rotatable bonds is 3. The summed E-state index contributed by atoms with van der Waals surface area (Å²) in [5.74, 6) is -0.161. The monoisotopic (exact) mass is 226 g/mol. The first-order valence-corrected chi connectivity index (χ1v) is 5.20. The quantitative estimate of drug-likeness (QED) is 0.741. The van der Waals surface area contributed by atoms with Crippen LogP contribution in [0.1, 0.15) is 0 Å². The van der Waals surface area contributed by atoms with Crippen molar-refractivity contribution in [1.82, 2.24) is 0 Å². The molecule has 13 heavy (non-hydrogen) atoms. The van der Waals surface area contributed by atoms with E-state index < -0.39 is 16.6 Å². The van der Waals surface area contributed by atoms with Crippen LogP contribution in [0.15, 0.2) is 29.2 Å². The molecular formula is C7H5ClF2O2S. The lowest BCUT2D eigenvalue weighted by atomic mass is 10.3. The van der Waals surface area contributed by atoms with Crippen molar-refractivity contribution in [3.63, 3.8) is 0 Å². The van der Waals surface area contributed by atoms with E-state index in [-0.39, 0.29) is 10.6 Å². The lowest BCUT2D eigenvalue weighted by Gasteiger charge is -2.06. The molecule has 0 aliphatic rings. The molecule has 0 bridgehead atoms. The molecule has 72 valence electrons. The summed E-state index contributed by atoms with van der Waals surface area (Å²) in [4.78, 5) is 0.0458. The van der Waals surface area contributed by atoms with Gasteiger partial charge in [-0.05, 0) is 22.8 Å². The van der Waals surface area contributed by atoms with E-state index in [1.165, 1.54) is 24.3 Å². The van der Waals surface area contributed by atoms with Gasteiger partial charge in [0.25, 0.3) is 0 Å². The maximum atomic E-state index is 11.8. The van der Waals surface area contributed by atoms with Gasteiger partial charge in [-0.2, -0.15) is 8.78 Å². The van der Waals surface area contributed by atoms with Crippen molar-refractivity contribution in [2.75, 3.05) is 0 Å². The zero-order chi connectivity index (χ0) is 9.84. The summed E-state index contributed by atoms with van der Waals surface area (Å²) in [6.07, 6.45) is 0. The van der Waals surface area contributed by atoms with Crippen LogP contribution in [0.3, 0.4) is 0 Å². The van der Waals surface area contributed by atoms with E-state index in [1.807, 2.05) is 0 Å². The van der Waals surface area contributed by atoms with E-state index in [4.69, 9.17) is 10.7 Å². The van der Waals surface area contributed by atoms with E-state index in [1.54, 1.807) is 0 Å². The number of hydrogen-bond donors (Lipinski definition) is 0. The molecule has 1 atom stereocenters. The Hall–Kier alpha value is -0.680. The van der Waals surface area contributed by atoms with Gasteiger partial charge in [0.1, 0.15) is 5.75 Å². The molecule has 0 N–H and O–H groups in total. The summed E-state index contributed by atoms with van der Waals surface area (Å²) in [5.41, 5.74) is 0. The van der Waals surface area contributed by atoms with Crippen molar-refractivity contribution in [2.24, 2.45) is 0 Å². The number of alkyl halides is 2. The molecule has 6 heteroatoms. The third-order valence-electron chi connectivity index (χ3n) is 1.24. The number of ether oxygens (including phenoxy) is 1. The second-order valence-corrected chi connectivity index (χ2v) is 3.78. The number of hydrogen-bond acceptors (Lipinski definition) is 2. The first kappa shape index (κ1) is 10.4. The van der Waals surface area contributed by atoms with Crippen molar-refractivity contribution in [2.45, 2.75) is 11.5 Å². The van der Waals surface area contributed by atoms with Crippen LogP contribution in [0, 0.1) is 0 Å². The Labute approximate surface area is 80.4 Å². The van der Waals surface area contributed by atoms with Gasteiger partial charge in [-0.15, -0.1) is 0 Å². The van der Waals surface area contributed by atoms with Crippen molar-refractivity contribution in [3.8, 4) is 5.75 Å². The zero-order valence-electron chi connectivity index (χ0n) is 6.25. The van der Waals surface area contributed by atoms with Gasteiger partial charge in [-0.1, -0.05) is 12.1 Å². The Bertz CT molecular complexity index is 319. The lowest BCUT2D eigenvalue weighted by molar-refractivity contribution is -0.0516. The Morgan fingerprint density at radius 3 is 2.54 bits per heavy atom. The van der Waals surface area contributed by atoms with Gasteiger partial charge in [0.2, 0.25) is 0 Å². The van der Waals surface area contributed by atoms with Gasteiger partial charge < -0.3 is 4.74 Å². The van der Waals surface area contributed by atoms with Gasteiger partial charge in [-0.25, -0.2) is 4.21 Å². The summed E-state index contributed by atoms with van der Waals surface area (Å²) in [6, 6.07) is 5.67. The fourth-order valence-electron chi connectivity index (χ4n) is 0.776. The molecule has 0 aliphatic carbocycles. The molecule has 0 aliphatic heterocycles. The molecule has 0 saturated heterocycles. The van der Waals surface area contributed by atoms with Crippen LogP contribution in [0.4, 0.5) is 8.78 Å². The van der Waals surface area contributed by atoms with Crippen LogP contribution >= 0.6 is 10.7 Å². The van der Waals surface area contributed by atoms with Gasteiger partial charge >= 0.3 is 6.61 Å². The van der Waals surface area contributed by atoms with E-state index in [2.05, 4.69) is 4.74 Å².